The minimum Gasteiger partial charge on any atom is -0.271 e. The second-order valence-corrected chi connectivity index (χ2v) is 6.71. The Bertz CT molecular complexity index is 570. The van der Waals surface area contributed by atoms with E-state index in [1.165, 1.54) is 11.1 Å². The van der Waals surface area contributed by atoms with Crippen LogP contribution in [0.25, 0.3) is 0 Å². The first-order valence-corrected chi connectivity index (χ1v) is 7.45. The van der Waals surface area contributed by atoms with Gasteiger partial charge in [0.15, 0.2) is 0 Å². The van der Waals surface area contributed by atoms with E-state index in [0.29, 0.717) is 5.02 Å². The molecule has 0 saturated heterocycles. The van der Waals surface area contributed by atoms with Gasteiger partial charge in [-0.25, -0.2) is 0 Å². The Kier molecular flexibility index (Phi) is 4.99. The van der Waals surface area contributed by atoms with Gasteiger partial charge in [0.1, 0.15) is 0 Å². The van der Waals surface area contributed by atoms with Gasteiger partial charge < -0.3 is 0 Å². The Morgan fingerprint density at radius 2 is 1.81 bits per heavy atom. The van der Waals surface area contributed by atoms with Crippen molar-refractivity contribution in [2.75, 3.05) is 0 Å². The molecular weight excluding hydrogens is 282 g/mol. The van der Waals surface area contributed by atoms with Crippen LogP contribution in [-0.2, 0) is 11.8 Å². The molecule has 1 aromatic carbocycles. The summed E-state index contributed by atoms with van der Waals surface area (Å²) in [5.74, 6) is 5.67. The molecular formula is C17H22ClN3. The fourth-order valence-electron chi connectivity index (χ4n) is 2.22. The Morgan fingerprint density at radius 3 is 2.29 bits per heavy atom. The van der Waals surface area contributed by atoms with E-state index in [1.807, 2.05) is 12.1 Å². The van der Waals surface area contributed by atoms with Crippen LogP contribution < -0.4 is 11.3 Å². The highest BCUT2D eigenvalue weighted by atomic mass is 35.5. The molecule has 21 heavy (non-hydrogen) atoms. The Hall–Kier alpha value is -1.42. The quantitative estimate of drug-likeness (QED) is 0.667. The van der Waals surface area contributed by atoms with Crippen LogP contribution in [0.5, 0.6) is 0 Å². The average Bonchev–Trinajstić information content (AvgIpc) is 2.45. The second kappa shape index (κ2) is 6.56. The van der Waals surface area contributed by atoms with E-state index in [0.717, 1.165) is 12.1 Å². The van der Waals surface area contributed by atoms with Crippen molar-refractivity contribution in [1.29, 1.82) is 0 Å². The SMILES string of the molecule is CC(C)(C)c1ccc(CC(NN)c2ccc(Cl)cn2)cc1. The largest absolute Gasteiger partial charge is 0.271 e. The van der Waals surface area contributed by atoms with Gasteiger partial charge in [0.2, 0.25) is 0 Å². The summed E-state index contributed by atoms with van der Waals surface area (Å²) in [5.41, 5.74) is 6.44. The van der Waals surface area contributed by atoms with Crippen LogP contribution >= 0.6 is 11.6 Å². The Labute approximate surface area is 131 Å². The van der Waals surface area contributed by atoms with Crippen molar-refractivity contribution in [2.45, 2.75) is 38.6 Å². The number of hydrogen-bond donors (Lipinski definition) is 2. The number of rotatable bonds is 4. The van der Waals surface area contributed by atoms with Crippen LogP contribution in [0.3, 0.4) is 0 Å². The first-order valence-electron chi connectivity index (χ1n) is 7.07. The molecule has 112 valence electrons. The van der Waals surface area contributed by atoms with E-state index in [1.54, 1.807) is 6.20 Å². The topological polar surface area (TPSA) is 50.9 Å². The molecule has 4 heteroatoms. The van der Waals surface area contributed by atoms with Gasteiger partial charge in [-0.05, 0) is 35.1 Å². The van der Waals surface area contributed by atoms with E-state index in [4.69, 9.17) is 17.4 Å². The minimum absolute atomic E-state index is 0.0252. The van der Waals surface area contributed by atoms with Crippen molar-refractivity contribution in [1.82, 2.24) is 10.4 Å². The van der Waals surface area contributed by atoms with E-state index < -0.39 is 0 Å². The monoisotopic (exact) mass is 303 g/mol. The molecule has 0 saturated carbocycles. The van der Waals surface area contributed by atoms with E-state index in [9.17, 15) is 0 Å². The highest BCUT2D eigenvalue weighted by Crippen LogP contribution is 2.24. The molecule has 0 aliphatic carbocycles. The van der Waals surface area contributed by atoms with E-state index in [2.05, 4.69) is 55.4 Å². The number of pyridine rings is 1. The predicted molar refractivity (Wildman–Crippen MR) is 88.2 cm³/mol. The normalized spacial score (nSPS) is 13.2. The number of benzene rings is 1. The zero-order valence-electron chi connectivity index (χ0n) is 12.7. The molecule has 0 fully saturated rings. The number of nitrogens with one attached hydrogen (secondary N) is 1. The molecule has 3 nitrogen and oxygen atoms in total. The standard InChI is InChI=1S/C17H22ClN3/c1-17(2,3)13-6-4-12(5-7-13)10-16(21-19)15-9-8-14(18)11-20-15/h4-9,11,16,21H,10,19H2,1-3H3. The Balaban J connectivity index is 2.13. The van der Waals surface area contributed by atoms with Crippen molar-refractivity contribution in [2.24, 2.45) is 5.84 Å². The lowest BCUT2D eigenvalue weighted by molar-refractivity contribution is 0.537. The zero-order chi connectivity index (χ0) is 15.5. The summed E-state index contributed by atoms with van der Waals surface area (Å²) in [7, 11) is 0. The van der Waals surface area contributed by atoms with Gasteiger partial charge >= 0.3 is 0 Å². The number of nitrogens with zero attached hydrogens (tertiary/aromatic N) is 1. The molecule has 2 aromatic rings. The van der Waals surface area contributed by atoms with Crippen LogP contribution in [0.2, 0.25) is 5.02 Å². The van der Waals surface area contributed by atoms with Gasteiger partial charge in [0.05, 0.1) is 16.8 Å². The molecule has 3 N–H and O–H groups in total. The van der Waals surface area contributed by atoms with Crippen molar-refractivity contribution in [3.63, 3.8) is 0 Å². The molecule has 1 atom stereocenters. The first kappa shape index (κ1) is 16.0. The zero-order valence-corrected chi connectivity index (χ0v) is 13.5. The molecule has 0 aliphatic rings. The van der Waals surface area contributed by atoms with Crippen molar-refractivity contribution in [3.05, 3.63) is 64.4 Å². The smallest absolute Gasteiger partial charge is 0.0672 e. The summed E-state index contributed by atoms with van der Waals surface area (Å²) in [5, 5.41) is 0.629. The summed E-state index contributed by atoms with van der Waals surface area (Å²) < 4.78 is 0. The highest BCUT2D eigenvalue weighted by molar-refractivity contribution is 6.30. The minimum atomic E-state index is -0.0252. The van der Waals surface area contributed by atoms with E-state index in [-0.39, 0.29) is 11.5 Å². The molecule has 1 aromatic heterocycles. The highest BCUT2D eigenvalue weighted by Gasteiger charge is 2.15. The fourth-order valence-corrected chi connectivity index (χ4v) is 2.33. The summed E-state index contributed by atoms with van der Waals surface area (Å²) in [6.45, 7) is 6.64. The summed E-state index contributed by atoms with van der Waals surface area (Å²) in [6.07, 6.45) is 2.43. The number of halogens is 1. The van der Waals surface area contributed by atoms with Gasteiger partial charge in [-0.1, -0.05) is 56.6 Å². The maximum absolute atomic E-state index is 5.87. The molecule has 1 unspecified atom stereocenters. The van der Waals surface area contributed by atoms with Gasteiger partial charge in [-0.3, -0.25) is 16.3 Å². The van der Waals surface area contributed by atoms with Crippen molar-refractivity contribution < 1.29 is 0 Å². The lowest BCUT2D eigenvalue weighted by atomic mass is 9.86. The Morgan fingerprint density at radius 1 is 1.14 bits per heavy atom. The molecule has 0 spiro atoms. The molecule has 0 radical (unpaired) electrons. The maximum atomic E-state index is 5.87. The number of hydrogen-bond acceptors (Lipinski definition) is 3. The van der Waals surface area contributed by atoms with Crippen LogP contribution in [0.1, 0.15) is 43.6 Å². The molecule has 0 bridgehead atoms. The first-order chi connectivity index (χ1) is 9.90. The van der Waals surface area contributed by atoms with Crippen LogP contribution in [0, 0.1) is 0 Å². The van der Waals surface area contributed by atoms with Gasteiger partial charge in [-0.15, -0.1) is 0 Å². The third-order valence-corrected chi connectivity index (χ3v) is 3.79. The molecule has 1 heterocycles. The summed E-state index contributed by atoms with van der Waals surface area (Å²) >= 11 is 5.87. The maximum Gasteiger partial charge on any atom is 0.0672 e. The third-order valence-electron chi connectivity index (χ3n) is 3.57. The fraction of sp³-hybridized carbons (Fsp3) is 0.353. The van der Waals surface area contributed by atoms with Gasteiger partial charge in [0.25, 0.3) is 0 Å². The molecule has 0 amide bonds. The third kappa shape index (κ3) is 4.27. The number of hydrazine groups is 1. The second-order valence-electron chi connectivity index (χ2n) is 6.27. The van der Waals surface area contributed by atoms with Gasteiger partial charge in [0, 0.05) is 6.20 Å². The van der Waals surface area contributed by atoms with Crippen LogP contribution in [0.15, 0.2) is 42.6 Å². The molecule has 2 rings (SSSR count). The number of nitrogens with two attached hydrogens (primary N) is 1. The van der Waals surface area contributed by atoms with E-state index >= 15 is 0 Å². The van der Waals surface area contributed by atoms with Crippen LogP contribution in [0.4, 0.5) is 0 Å². The lowest BCUT2D eigenvalue weighted by Crippen LogP contribution is -2.30. The summed E-state index contributed by atoms with van der Waals surface area (Å²) in [4.78, 5) is 4.33. The summed E-state index contributed by atoms with van der Waals surface area (Å²) in [6, 6.07) is 12.4. The van der Waals surface area contributed by atoms with Crippen molar-refractivity contribution in [3.8, 4) is 0 Å². The van der Waals surface area contributed by atoms with Crippen molar-refractivity contribution >= 4 is 11.6 Å². The number of aromatic nitrogens is 1. The van der Waals surface area contributed by atoms with Crippen LogP contribution in [-0.4, -0.2) is 4.98 Å². The lowest BCUT2D eigenvalue weighted by Gasteiger charge is -2.20. The molecule has 0 aliphatic heterocycles. The predicted octanol–water partition coefficient (Wildman–Crippen LogP) is 3.78. The average molecular weight is 304 g/mol. The van der Waals surface area contributed by atoms with Gasteiger partial charge in [-0.2, -0.15) is 0 Å².